The average molecular weight is 362 g/mol. The van der Waals surface area contributed by atoms with Gasteiger partial charge in [0, 0.05) is 6.54 Å². The molecular weight excluding hydrogens is 340 g/mol. The van der Waals surface area contributed by atoms with Crippen molar-refractivity contribution in [2.45, 2.75) is 32.1 Å². The lowest BCUT2D eigenvalue weighted by molar-refractivity contribution is -0.00176. The molecule has 0 aliphatic carbocycles. The smallest absolute Gasteiger partial charge is 0.273 e. The van der Waals surface area contributed by atoms with Gasteiger partial charge in [-0.3, -0.25) is 4.79 Å². The quantitative estimate of drug-likeness (QED) is 0.685. The molecule has 1 aliphatic rings. The Morgan fingerprint density at radius 1 is 1.11 bits per heavy atom. The van der Waals surface area contributed by atoms with E-state index in [0.29, 0.717) is 25.4 Å². The number of hydrogen-bond donors (Lipinski definition) is 1. The monoisotopic (exact) mass is 362 g/mol. The summed E-state index contributed by atoms with van der Waals surface area (Å²) in [7, 11) is 0. The topological polar surface area (TPSA) is 69.0 Å². The van der Waals surface area contributed by atoms with E-state index in [2.05, 4.69) is 27.8 Å². The van der Waals surface area contributed by atoms with Gasteiger partial charge in [-0.15, -0.1) is 5.10 Å². The summed E-state index contributed by atoms with van der Waals surface area (Å²) < 4.78 is 7.72. The number of aryl methyl sites for hydroxylation is 1. The maximum atomic E-state index is 12.5. The molecule has 27 heavy (non-hydrogen) atoms. The summed E-state index contributed by atoms with van der Waals surface area (Å²) >= 11 is 0. The highest BCUT2D eigenvalue weighted by molar-refractivity contribution is 5.93. The van der Waals surface area contributed by atoms with Gasteiger partial charge in [-0.2, -0.15) is 0 Å². The Hall–Kier alpha value is -2.99. The number of nitrogens with zero attached hydrogens (tertiary/aromatic N) is 3. The predicted octanol–water partition coefficient (Wildman–Crippen LogP) is 2.91. The van der Waals surface area contributed by atoms with Crippen molar-refractivity contribution >= 4 is 5.91 Å². The maximum Gasteiger partial charge on any atom is 0.273 e. The van der Waals surface area contributed by atoms with E-state index < -0.39 is 0 Å². The second-order valence-electron chi connectivity index (χ2n) is 6.62. The molecule has 3 aromatic rings. The van der Waals surface area contributed by atoms with Gasteiger partial charge in [0.2, 0.25) is 0 Å². The van der Waals surface area contributed by atoms with Gasteiger partial charge in [0.05, 0.1) is 18.8 Å². The van der Waals surface area contributed by atoms with Crippen LogP contribution in [0.1, 0.15) is 39.8 Å². The van der Waals surface area contributed by atoms with Crippen molar-refractivity contribution in [2.24, 2.45) is 0 Å². The fraction of sp³-hybridized carbons (Fsp3) is 0.286. The number of nitrogens with one attached hydrogen (secondary N) is 1. The van der Waals surface area contributed by atoms with Crippen molar-refractivity contribution in [1.29, 1.82) is 0 Å². The molecule has 1 aromatic heterocycles. The van der Waals surface area contributed by atoms with Gasteiger partial charge in [-0.25, -0.2) is 4.68 Å². The number of rotatable bonds is 6. The Kier molecular flexibility index (Phi) is 5.25. The maximum absolute atomic E-state index is 12.5. The lowest BCUT2D eigenvalue weighted by Crippen LogP contribution is -2.28. The van der Waals surface area contributed by atoms with Crippen LogP contribution in [0.15, 0.2) is 60.7 Å². The molecule has 0 bridgehead atoms. The molecular formula is C21H22N4O2. The Labute approximate surface area is 158 Å². The third-order valence-corrected chi connectivity index (χ3v) is 4.75. The minimum atomic E-state index is -0.189. The van der Waals surface area contributed by atoms with E-state index in [1.54, 1.807) is 4.68 Å². The molecule has 2 heterocycles. The van der Waals surface area contributed by atoms with Crippen LogP contribution in [-0.2, 0) is 24.3 Å². The Morgan fingerprint density at radius 2 is 1.85 bits per heavy atom. The van der Waals surface area contributed by atoms with E-state index in [4.69, 9.17) is 4.74 Å². The Bertz CT molecular complexity index is 893. The molecule has 6 nitrogen and oxygen atoms in total. The van der Waals surface area contributed by atoms with Gasteiger partial charge in [-0.1, -0.05) is 65.9 Å². The lowest BCUT2D eigenvalue weighted by atomic mass is 10.1. The van der Waals surface area contributed by atoms with E-state index in [0.717, 1.165) is 24.1 Å². The molecule has 1 N–H and O–H groups in total. The van der Waals surface area contributed by atoms with E-state index in [9.17, 15) is 4.79 Å². The van der Waals surface area contributed by atoms with Crippen LogP contribution in [0.5, 0.6) is 0 Å². The summed E-state index contributed by atoms with van der Waals surface area (Å²) in [5, 5.41) is 11.2. The molecule has 6 heteroatoms. The summed E-state index contributed by atoms with van der Waals surface area (Å²) in [6.45, 7) is 1.50. The summed E-state index contributed by atoms with van der Waals surface area (Å²) in [4.78, 5) is 12.5. The van der Waals surface area contributed by atoms with Gasteiger partial charge >= 0.3 is 0 Å². The molecule has 1 amide bonds. The van der Waals surface area contributed by atoms with Crippen LogP contribution in [0.4, 0.5) is 0 Å². The van der Waals surface area contributed by atoms with Gasteiger partial charge in [-0.05, 0) is 24.0 Å². The summed E-state index contributed by atoms with van der Waals surface area (Å²) in [6.07, 6.45) is 1.75. The number of carbonyl (C=O) groups is 1. The molecule has 0 unspecified atom stereocenters. The third kappa shape index (κ3) is 4.06. The molecule has 0 radical (unpaired) electrons. The van der Waals surface area contributed by atoms with Crippen LogP contribution >= 0.6 is 0 Å². The Balaban J connectivity index is 1.33. The van der Waals surface area contributed by atoms with Crippen molar-refractivity contribution < 1.29 is 9.53 Å². The first-order valence-corrected chi connectivity index (χ1v) is 9.22. The number of benzene rings is 2. The summed E-state index contributed by atoms with van der Waals surface area (Å²) in [6, 6.07) is 20.3. The minimum absolute atomic E-state index is 0.0674. The van der Waals surface area contributed by atoms with E-state index in [1.807, 2.05) is 48.5 Å². The number of amides is 1. The largest absolute Gasteiger partial charge is 0.365 e. The van der Waals surface area contributed by atoms with Crippen molar-refractivity contribution in [3.63, 3.8) is 0 Å². The van der Waals surface area contributed by atoms with E-state index in [1.165, 1.54) is 5.56 Å². The van der Waals surface area contributed by atoms with Gasteiger partial charge in [0.25, 0.3) is 5.91 Å². The second kappa shape index (κ2) is 8.14. The van der Waals surface area contributed by atoms with Crippen LogP contribution in [-0.4, -0.2) is 27.4 Å². The van der Waals surface area contributed by atoms with Crippen LogP contribution in [0.25, 0.3) is 0 Å². The number of hydrogen-bond acceptors (Lipinski definition) is 4. The van der Waals surface area contributed by atoms with Crippen LogP contribution in [0.2, 0.25) is 0 Å². The van der Waals surface area contributed by atoms with Crippen LogP contribution < -0.4 is 5.32 Å². The highest BCUT2D eigenvalue weighted by atomic mass is 16.5. The first-order chi connectivity index (χ1) is 13.3. The first-order valence-electron chi connectivity index (χ1n) is 9.22. The first kappa shape index (κ1) is 17.4. The zero-order valence-electron chi connectivity index (χ0n) is 15.0. The molecule has 1 atom stereocenters. The molecule has 0 saturated heterocycles. The van der Waals surface area contributed by atoms with Crippen molar-refractivity contribution in [3.8, 4) is 0 Å². The van der Waals surface area contributed by atoms with Gasteiger partial charge in [0.1, 0.15) is 6.10 Å². The van der Waals surface area contributed by atoms with Gasteiger partial charge < -0.3 is 10.1 Å². The zero-order valence-corrected chi connectivity index (χ0v) is 15.0. The normalized spacial score (nSPS) is 15.9. The highest BCUT2D eigenvalue weighted by Gasteiger charge is 2.27. The number of ether oxygens (including phenoxy) is 1. The number of aromatic nitrogens is 3. The molecule has 0 fully saturated rings. The van der Waals surface area contributed by atoms with Gasteiger partial charge in [0.15, 0.2) is 5.69 Å². The SMILES string of the molecule is O=C(NCCCc1ccccc1)c1nnn2c1CO[C@@H](c1ccccc1)C2. The van der Waals surface area contributed by atoms with E-state index >= 15 is 0 Å². The third-order valence-electron chi connectivity index (χ3n) is 4.75. The lowest BCUT2D eigenvalue weighted by Gasteiger charge is -2.24. The highest BCUT2D eigenvalue weighted by Crippen LogP contribution is 2.26. The molecule has 138 valence electrons. The second-order valence-corrected chi connectivity index (χ2v) is 6.62. The molecule has 0 spiro atoms. The summed E-state index contributed by atoms with van der Waals surface area (Å²) in [5.41, 5.74) is 3.47. The fourth-order valence-electron chi connectivity index (χ4n) is 3.28. The molecule has 2 aromatic carbocycles. The predicted molar refractivity (Wildman–Crippen MR) is 101 cm³/mol. The average Bonchev–Trinajstić information content (AvgIpc) is 3.16. The summed E-state index contributed by atoms with van der Waals surface area (Å²) in [5.74, 6) is -0.189. The van der Waals surface area contributed by atoms with Crippen molar-refractivity contribution in [1.82, 2.24) is 20.3 Å². The van der Waals surface area contributed by atoms with E-state index in [-0.39, 0.29) is 12.0 Å². The zero-order chi connectivity index (χ0) is 18.5. The molecule has 4 rings (SSSR count). The number of carbonyl (C=O) groups excluding carboxylic acids is 1. The molecule has 1 aliphatic heterocycles. The standard InChI is InChI=1S/C21H22N4O2/c26-21(22-13-7-10-16-8-3-1-4-9-16)20-18-15-27-19(14-25(18)24-23-20)17-11-5-2-6-12-17/h1-6,8-9,11-12,19H,7,10,13-15H2,(H,22,26)/t19-/m1/s1. The van der Waals surface area contributed by atoms with Crippen LogP contribution in [0.3, 0.4) is 0 Å². The molecule has 0 saturated carbocycles. The van der Waals surface area contributed by atoms with Crippen LogP contribution in [0, 0.1) is 0 Å². The minimum Gasteiger partial charge on any atom is -0.365 e. The van der Waals surface area contributed by atoms with Crippen molar-refractivity contribution in [3.05, 3.63) is 83.2 Å². The fourth-order valence-corrected chi connectivity index (χ4v) is 3.28. The Morgan fingerprint density at radius 3 is 2.63 bits per heavy atom. The van der Waals surface area contributed by atoms with Crippen molar-refractivity contribution in [2.75, 3.05) is 6.54 Å². The number of fused-ring (bicyclic) bond motifs is 1.